The van der Waals surface area contributed by atoms with E-state index in [9.17, 15) is 12.8 Å². The lowest BCUT2D eigenvalue weighted by molar-refractivity contribution is 0.207. The van der Waals surface area contributed by atoms with Crippen LogP contribution in [0.15, 0.2) is 41.4 Å². The Labute approximate surface area is 146 Å². The molecule has 0 aliphatic carbocycles. The number of halogens is 1. The molecule has 0 bridgehead atoms. The largest absolute Gasteiger partial charge is 0.495 e. The highest BCUT2D eigenvalue weighted by molar-refractivity contribution is 7.89. The molecule has 1 aromatic heterocycles. The molecule has 1 atom stereocenters. The normalized spacial score (nSPS) is 18.3. The zero-order chi connectivity index (χ0) is 18.0. The Hall–Kier alpha value is -2.19. The molecule has 2 heterocycles. The van der Waals surface area contributed by atoms with Crippen LogP contribution in [0.3, 0.4) is 0 Å². The van der Waals surface area contributed by atoms with Crippen LogP contribution in [0.2, 0.25) is 0 Å². The van der Waals surface area contributed by atoms with Crippen molar-refractivity contribution in [2.45, 2.75) is 24.3 Å². The molecular formula is C17H19FN2O4S. The first-order valence-electron chi connectivity index (χ1n) is 7.83. The van der Waals surface area contributed by atoms with E-state index in [-0.39, 0.29) is 23.3 Å². The van der Waals surface area contributed by atoms with Crippen LogP contribution < -0.4 is 9.47 Å². The van der Waals surface area contributed by atoms with E-state index in [4.69, 9.17) is 9.47 Å². The summed E-state index contributed by atoms with van der Waals surface area (Å²) in [6, 6.07) is 7.08. The zero-order valence-electron chi connectivity index (χ0n) is 14.0. The number of methoxy groups -OCH3 is 1. The molecule has 8 heteroatoms. The van der Waals surface area contributed by atoms with Crippen molar-refractivity contribution in [3.8, 4) is 11.6 Å². The van der Waals surface area contributed by atoms with Crippen molar-refractivity contribution < 1.29 is 22.3 Å². The predicted molar refractivity (Wildman–Crippen MR) is 89.7 cm³/mol. The maximum atomic E-state index is 13.5. The maximum absolute atomic E-state index is 13.5. The lowest BCUT2D eigenvalue weighted by Gasteiger charge is -2.18. The van der Waals surface area contributed by atoms with Crippen LogP contribution in [-0.2, 0) is 10.0 Å². The van der Waals surface area contributed by atoms with Crippen molar-refractivity contribution in [3.63, 3.8) is 0 Å². The summed E-state index contributed by atoms with van der Waals surface area (Å²) >= 11 is 0. The summed E-state index contributed by atoms with van der Waals surface area (Å²) in [5, 5.41) is 0. The molecule has 1 saturated heterocycles. The van der Waals surface area contributed by atoms with E-state index in [2.05, 4.69) is 4.98 Å². The minimum atomic E-state index is -3.87. The second-order valence-electron chi connectivity index (χ2n) is 5.86. The van der Waals surface area contributed by atoms with Crippen LogP contribution in [-0.4, -0.2) is 44.0 Å². The number of sulfonamides is 1. The summed E-state index contributed by atoms with van der Waals surface area (Å²) in [5.74, 6) is -0.0561. The van der Waals surface area contributed by atoms with Gasteiger partial charge in [0.25, 0.3) is 0 Å². The number of aromatic nitrogens is 1. The summed E-state index contributed by atoms with van der Waals surface area (Å²) in [6.07, 6.45) is 1.92. The van der Waals surface area contributed by atoms with Crippen LogP contribution in [0.1, 0.15) is 12.0 Å². The second kappa shape index (κ2) is 6.97. The number of aryl methyl sites for hydroxylation is 1. The fourth-order valence-corrected chi connectivity index (χ4v) is 4.35. The van der Waals surface area contributed by atoms with Gasteiger partial charge in [0, 0.05) is 18.8 Å². The standard InChI is InChI=1S/C17H19FN2O4S/c1-12-3-6-17(19-10-12)24-14-7-8-20(11-14)25(21,22)16-9-13(18)4-5-15(16)23-2/h3-6,9-10,14H,7-8,11H2,1-2H3. The molecule has 134 valence electrons. The SMILES string of the molecule is COc1ccc(F)cc1S(=O)(=O)N1CCC(Oc2ccc(C)cn2)C1. The predicted octanol–water partition coefficient (Wildman–Crippen LogP) is 2.38. The topological polar surface area (TPSA) is 68.7 Å². The Morgan fingerprint density at radius 2 is 2.08 bits per heavy atom. The fourth-order valence-electron chi connectivity index (χ4n) is 2.70. The molecule has 1 aromatic carbocycles. The van der Waals surface area contributed by atoms with E-state index in [0.29, 0.717) is 18.8 Å². The first-order valence-corrected chi connectivity index (χ1v) is 9.27. The molecule has 2 aromatic rings. The summed E-state index contributed by atoms with van der Waals surface area (Å²) in [6.45, 7) is 2.39. The average molecular weight is 366 g/mol. The van der Waals surface area contributed by atoms with Gasteiger partial charge in [-0.15, -0.1) is 0 Å². The van der Waals surface area contributed by atoms with Crippen molar-refractivity contribution in [2.24, 2.45) is 0 Å². The van der Waals surface area contributed by atoms with Gasteiger partial charge in [-0.2, -0.15) is 4.31 Å². The summed E-state index contributed by atoms with van der Waals surface area (Å²) < 4.78 is 51.3. The Bertz CT molecular complexity index is 855. The van der Waals surface area contributed by atoms with Gasteiger partial charge in [0.1, 0.15) is 22.6 Å². The van der Waals surface area contributed by atoms with Crippen LogP contribution in [0, 0.1) is 12.7 Å². The van der Waals surface area contributed by atoms with Crippen LogP contribution in [0.25, 0.3) is 0 Å². The molecule has 0 spiro atoms. The van der Waals surface area contributed by atoms with Gasteiger partial charge in [-0.25, -0.2) is 17.8 Å². The third-order valence-corrected chi connectivity index (χ3v) is 5.91. The van der Waals surface area contributed by atoms with E-state index in [0.717, 1.165) is 17.7 Å². The zero-order valence-corrected chi connectivity index (χ0v) is 14.8. The monoisotopic (exact) mass is 366 g/mol. The van der Waals surface area contributed by atoms with E-state index in [1.165, 1.54) is 17.5 Å². The smallest absolute Gasteiger partial charge is 0.246 e. The highest BCUT2D eigenvalue weighted by Gasteiger charge is 2.35. The van der Waals surface area contributed by atoms with Crippen molar-refractivity contribution in [1.82, 2.24) is 9.29 Å². The van der Waals surface area contributed by atoms with Gasteiger partial charge in [-0.1, -0.05) is 6.07 Å². The number of rotatable bonds is 5. The minimum absolute atomic E-state index is 0.117. The molecule has 1 fully saturated rings. The first kappa shape index (κ1) is 17.6. The van der Waals surface area contributed by atoms with Gasteiger partial charge < -0.3 is 9.47 Å². The lowest BCUT2D eigenvalue weighted by atomic mass is 10.3. The average Bonchev–Trinajstić information content (AvgIpc) is 3.06. The van der Waals surface area contributed by atoms with Gasteiger partial charge >= 0.3 is 0 Å². The number of nitrogens with zero attached hydrogens (tertiary/aromatic N) is 2. The Morgan fingerprint density at radius 1 is 1.28 bits per heavy atom. The molecule has 1 unspecified atom stereocenters. The number of hydrogen-bond donors (Lipinski definition) is 0. The third-order valence-electron chi connectivity index (χ3n) is 4.02. The quantitative estimate of drug-likeness (QED) is 0.813. The molecule has 0 radical (unpaired) electrons. The van der Waals surface area contributed by atoms with Gasteiger partial charge in [0.05, 0.1) is 13.7 Å². The summed E-state index contributed by atoms with van der Waals surface area (Å²) in [5.41, 5.74) is 1.01. The Morgan fingerprint density at radius 3 is 2.76 bits per heavy atom. The fraction of sp³-hybridized carbons (Fsp3) is 0.353. The van der Waals surface area contributed by atoms with Gasteiger partial charge in [0.15, 0.2) is 0 Å². The van der Waals surface area contributed by atoms with Gasteiger partial charge in [-0.05, 0) is 37.1 Å². The Balaban J connectivity index is 1.76. The Kier molecular flexibility index (Phi) is 4.91. The van der Waals surface area contributed by atoms with Gasteiger partial charge in [0.2, 0.25) is 15.9 Å². The third kappa shape index (κ3) is 3.74. The summed E-state index contributed by atoms with van der Waals surface area (Å²) in [7, 11) is -2.52. The number of hydrogen-bond acceptors (Lipinski definition) is 5. The summed E-state index contributed by atoms with van der Waals surface area (Å²) in [4.78, 5) is 3.99. The molecule has 0 amide bonds. The van der Waals surface area contributed by atoms with Crippen molar-refractivity contribution in [1.29, 1.82) is 0 Å². The van der Waals surface area contributed by atoms with Crippen molar-refractivity contribution in [3.05, 3.63) is 47.9 Å². The van der Waals surface area contributed by atoms with Crippen LogP contribution in [0.4, 0.5) is 4.39 Å². The highest BCUT2D eigenvalue weighted by atomic mass is 32.2. The van der Waals surface area contributed by atoms with Crippen LogP contribution >= 0.6 is 0 Å². The molecule has 3 rings (SSSR count). The highest BCUT2D eigenvalue weighted by Crippen LogP contribution is 2.30. The number of pyridine rings is 1. The van der Waals surface area contributed by atoms with E-state index >= 15 is 0 Å². The van der Waals surface area contributed by atoms with Gasteiger partial charge in [-0.3, -0.25) is 0 Å². The first-order chi connectivity index (χ1) is 11.9. The molecule has 25 heavy (non-hydrogen) atoms. The molecule has 6 nitrogen and oxygen atoms in total. The van der Waals surface area contributed by atoms with E-state index in [1.807, 2.05) is 13.0 Å². The number of ether oxygens (including phenoxy) is 2. The molecular weight excluding hydrogens is 347 g/mol. The minimum Gasteiger partial charge on any atom is -0.495 e. The van der Waals surface area contributed by atoms with E-state index in [1.54, 1.807) is 12.3 Å². The molecule has 0 saturated carbocycles. The maximum Gasteiger partial charge on any atom is 0.246 e. The second-order valence-corrected chi connectivity index (χ2v) is 7.77. The lowest BCUT2D eigenvalue weighted by Crippen LogP contribution is -2.31. The molecule has 0 N–H and O–H groups in total. The molecule has 1 aliphatic rings. The number of benzene rings is 1. The van der Waals surface area contributed by atoms with Crippen LogP contribution in [0.5, 0.6) is 11.6 Å². The van der Waals surface area contributed by atoms with Crippen molar-refractivity contribution in [2.75, 3.05) is 20.2 Å². The van der Waals surface area contributed by atoms with E-state index < -0.39 is 15.8 Å². The van der Waals surface area contributed by atoms with Crippen molar-refractivity contribution >= 4 is 10.0 Å². The molecule has 1 aliphatic heterocycles.